The molecule has 2 nitrogen and oxygen atoms in total. The Labute approximate surface area is 124 Å². The fraction of sp³-hybridized carbons (Fsp3) is 0.562. The average Bonchev–Trinajstić information content (AvgIpc) is 2.80. The predicted octanol–water partition coefficient (Wildman–Crippen LogP) is 4.60. The molecule has 0 amide bonds. The van der Waals surface area contributed by atoms with Gasteiger partial charge in [-0.05, 0) is 62.3 Å². The molecule has 1 heterocycles. The van der Waals surface area contributed by atoms with Gasteiger partial charge in [-0.2, -0.15) is 0 Å². The van der Waals surface area contributed by atoms with Crippen LogP contribution in [0.25, 0.3) is 0 Å². The second kappa shape index (κ2) is 5.40. The van der Waals surface area contributed by atoms with E-state index in [0.717, 1.165) is 28.1 Å². The molecule has 1 aromatic carbocycles. The van der Waals surface area contributed by atoms with Crippen LogP contribution < -0.4 is 5.32 Å². The van der Waals surface area contributed by atoms with Crippen molar-refractivity contribution in [2.24, 2.45) is 10.9 Å². The van der Waals surface area contributed by atoms with Gasteiger partial charge in [0.05, 0.1) is 5.54 Å². The summed E-state index contributed by atoms with van der Waals surface area (Å²) in [5.74, 6) is 1.74. The summed E-state index contributed by atoms with van der Waals surface area (Å²) >= 11 is 1.80. The molecule has 20 heavy (non-hydrogen) atoms. The molecule has 0 bridgehead atoms. The van der Waals surface area contributed by atoms with E-state index in [4.69, 9.17) is 4.99 Å². The van der Waals surface area contributed by atoms with Crippen molar-refractivity contribution >= 4 is 22.6 Å². The van der Waals surface area contributed by atoms with E-state index in [9.17, 15) is 4.39 Å². The summed E-state index contributed by atoms with van der Waals surface area (Å²) in [6.07, 6.45) is 4.98. The van der Waals surface area contributed by atoms with Crippen LogP contribution in [0.3, 0.4) is 0 Å². The zero-order chi connectivity index (χ0) is 14.2. The number of amidine groups is 1. The zero-order valence-corrected chi connectivity index (χ0v) is 12.9. The number of nitrogens with one attached hydrogen (secondary N) is 1. The summed E-state index contributed by atoms with van der Waals surface area (Å²) in [5, 5.41) is 4.36. The minimum absolute atomic E-state index is 0.160. The number of aryl methyl sites for hydroxylation is 1. The van der Waals surface area contributed by atoms with Gasteiger partial charge < -0.3 is 5.32 Å². The number of benzene rings is 1. The van der Waals surface area contributed by atoms with Gasteiger partial charge in [-0.1, -0.05) is 18.7 Å². The number of aliphatic imine (C=N–C) groups is 1. The Balaban J connectivity index is 1.72. The standard InChI is InChI=1S/C16H21FN2S/c1-11-5-7-16(8-6-11)10-20-15(19-16)18-14-4-3-13(17)9-12(14)2/h3-4,9,11H,5-8,10H2,1-2H3,(H,18,19). The van der Waals surface area contributed by atoms with E-state index in [1.807, 2.05) is 6.92 Å². The van der Waals surface area contributed by atoms with E-state index in [2.05, 4.69) is 12.2 Å². The smallest absolute Gasteiger partial charge is 0.161 e. The molecule has 0 atom stereocenters. The van der Waals surface area contributed by atoms with E-state index in [0.29, 0.717) is 0 Å². The van der Waals surface area contributed by atoms with Gasteiger partial charge in [0.2, 0.25) is 0 Å². The monoisotopic (exact) mass is 292 g/mol. The number of halogens is 1. The fourth-order valence-corrected chi connectivity index (χ4v) is 4.18. The summed E-state index contributed by atoms with van der Waals surface area (Å²) in [4.78, 5) is 4.95. The van der Waals surface area contributed by atoms with Crippen molar-refractivity contribution in [2.45, 2.75) is 45.1 Å². The Hall–Kier alpha value is -1.03. The maximum absolute atomic E-state index is 13.1. The van der Waals surface area contributed by atoms with Gasteiger partial charge >= 0.3 is 0 Å². The van der Waals surface area contributed by atoms with Crippen LogP contribution in [0.2, 0.25) is 0 Å². The number of anilines is 1. The quantitative estimate of drug-likeness (QED) is 0.818. The molecule has 4 heteroatoms. The molecule has 2 aliphatic rings. The van der Waals surface area contributed by atoms with E-state index >= 15 is 0 Å². The number of rotatable bonds is 1. The number of thioether (sulfide) groups is 1. The van der Waals surface area contributed by atoms with Gasteiger partial charge in [-0.15, -0.1) is 0 Å². The highest BCUT2D eigenvalue weighted by Gasteiger charge is 2.38. The third kappa shape index (κ3) is 2.85. The van der Waals surface area contributed by atoms with Gasteiger partial charge in [0.1, 0.15) is 5.82 Å². The molecule has 0 unspecified atom stereocenters. The number of hydrogen-bond donors (Lipinski definition) is 1. The Morgan fingerprint density at radius 1 is 1.35 bits per heavy atom. The van der Waals surface area contributed by atoms with Crippen LogP contribution in [0.15, 0.2) is 23.2 Å². The van der Waals surface area contributed by atoms with Crippen LogP contribution >= 0.6 is 11.8 Å². The van der Waals surface area contributed by atoms with Crippen molar-refractivity contribution in [1.82, 2.24) is 0 Å². The summed E-state index contributed by atoms with van der Waals surface area (Å²) in [5.41, 5.74) is 2.04. The maximum atomic E-state index is 13.1. The second-order valence-electron chi connectivity index (χ2n) is 6.20. The molecule has 1 saturated carbocycles. The molecule has 3 rings (SSSR count). The van der Waals surface area contributed by atoms with Gasteiger partial charge in [0.25, 0.3) is 0 Å². The lowest BCUT2D eigenvalue weighted by Crippen LogP contribution is -2.32. The van der Waals surface area contributed by atoms with Crippen LogP contribution in [-0.4, -0.2) is 16.5 Å². The Kier molecular flexibility index (Phi) is 3.76. The minimum atomic E-state index is -0.188. The molecule has 1 spiro atoms. The normalized spacial score (nSPS) is 29.6. The van der Waals surface area contributed by atoms with Gasteiger partial charge in [-0.3, -0.25) is 4.99 Å². The molecule has 1 aliphatic heterocycles. The van der Waals surface area contributed by atoms with Gasteiger partial charge in [0, 0.05) is 11.4 Å². The zero-order valence-electron chi connectivity index (χ0n) is 12.1. The van der Waals surface area contributed by atoms with E-state index in [1.54, 1.807) is 23.9 Å². The molecule has 0 saturated heterocycles. The van der Waals surface area contributed by atoms with Gasteiger partial charge in [0.15, 0.2) is 5.17 Å². The lowest BCUT2D eigenvalue weighted by atomic mass is 9.79. The molecule has 1 fully saturated rings. The van der Waals surface area contributed by atoms with Crippen molar-refractivity contribution in [3.63, 3.8) is 0 Å². The first kappa shape index (κ1) is 13.9. The summed E-state index contributed by atoms with van der Waals surface area (Å²) < 4.78 is 13.1. The predicted molar refractivity (Wildman–Crippen MR) is 85.0 cm³/mol. The largest absolute Gasteiger partial charge is 0.335 e. The molecule has 1 N–H and O–H groups in total. The van der Waals surface area contributed by atoms with E-state index in [1.165, 1.54) is 31.7 Å². The lowest BCUT2D eigenvalue weighted by molar-refractivity contribution is 0.273. The highest BCUT2D eigenvalue weighted by atomic mass is 32.2. The topological polar surface area (TPSA) is 24.4 Å². The van der Waals surface area contributed by atoms with Crippen molar-refractivity contribution < 1.29 is 4.39 Å². The van der Waals surface area contributed by atoms with Crippen molar-refractivity contribution in [3.8, 4) is 0 Å². The summed E-state index contributed by atoms with van der Waals surface area (Å²) in [7, 11) is 0. The SMILES string of the molecule is Cc1cc(F)ccc1NC1=NC2(CCC(C)CC2)CS1. The van der Waals surface area contributed by atoms with Crippen LogP contribution in [0.4, 0.5) is 10.1 Å². The maximum Gasteiger partial charge on any atom is 0.161 e. The third-order valence-corrected chi connectivity index (χ3v) is 5.60. The van der Waals surface area contributed by atoms with Crippen LogP contribution in [0.5, 0.6) is 0 Å². The van der Waals surface area contributed by atoms with Crippen molar-refractivity contribution in [3.05, 3.63) is 29.6 Å². The molecule has 0 aromatic heterocycles. The van der Waals surface area contributed by atoms with Gasteiger partial charge in [-0.25, -0.2) is 4.39 Å². The fourth-order valence-electron chi connectivity index (χ4n) is 2.98. The number of nitrogens with zero attached hydrogens (tertiary/aromatic N) is 1. The lowest BCUT2D eigenvalue weighted by Gasteiger charge is -2.32. The molecular weight excluding hydrogens is 271 g/mol. The molecule has 1 aliphatic carbocycles. The second-order valence-corrected chi connectivity index (χ2v) is 7.16. The van der Waals surface area contributed by atoms with Crippen LogP contribution in [0.1, 0.15) is 38.2 Å². The number of hydrogen-bond acceptors (Lipinski definition) is 3. The molecule has 0 radical (unpaired) electrons. The van der Waals surface area contributed by atoms with Crippen LogP contribution in [0, 0.1) is 18.7 Å². The van der Waals surface area contributed by atoms with Crippen LogP contribution in [-0.2, 0) is 0 Å². The van der Waals surface area contributed by atoms with E-state index < -0.39 is 0 Å². The first-order chi connectivity index (χ1) is 9.56. The van der Waals surface area contributed by atoms with E-state index in [-0.39, 0.29) is 11.4 Å². The Morgan fingerprint density at radius 3 is 2.80 bits per heavy atom. The summed E-state index contributed by atoms with van der Waals surface area (Å²) in [6, 6.07) is 4.84. The summed E-state index contributed by atoms with van der Waals surface area (Å²) in [6.45, 7) is 4.25. The first-order valence-corrected chi connectivity index (χ1v) is 8.31. The molecular formula is C16H21FN2S. The molecule has 108 valence electrons. The first-order valence-electron chi connectivity index (χ1n) is 7.32. The van der Waals surface area contributed by atoms with Crippen molar-refractivity contribution in [2.75, 3.05) is 11.1 Å². The average molecular weight is 292 g/mol. The Morgan fingerprint density at radius 2 is 2.10 bits per heavy atom. The highest BCUT2D eigenvalue weighted by Crippen LogP contribution is 2.41. The van der Waals surface area contributed by atoms with Crippen molar-refractivity contribution in [1.29, 1.82) is 0 Å². The Bertz CT molecular complexity index is 533. The third-order valence-electron chi connectivity index (χ3n) is 4.45. The molecule has 1 aromatic rings. The highest BCUT2D eigenvalue weighted by molar-refractivity contribution is 8.14. The minimum Gasteiger partial charge on any atom is -0.335 e.